The van der Waals surface area contributed by atoms with Crippen LogP contribution in [0, 0.1) is 0 Å². The molecule has 0 heterocycles. The molecule has 0 radical (unpaired) electrons. The fourth-order valence-corrected chi connectivity index (χ4v) is 1.52. The zero-order valence-electron chi connectivity index (χ0n) is 7.38. The first-order chi connectivity index (χ1) is 4.81. The molecule has 0 aromatic rings. The van der Waals surface area contributed by atoms with Gasteiger partial charge in [0.2, 0.25) is 0 Å². The van der Waals surface area contributed by atoms with Gasteiger partial charge in [-0.2, -0.15) is 0 Å². The largest absolute Gasteiger partial charge is 0.386 e. The molecule has 0 aromatic carbocycles. The van der Waals surface area contributed by atoms with E-state index in [1.165, 1.54) is 11.7 Å². The molecule has 11 heavy (non-hydrogen) atoms. The van der Waals surface area contributed by atoms with Crippen molar-refractivity contribution in [2.24, 2.45) is 0 Å². The van der Waals surface area contributed by atoms with Gasteiger partial charge in [-0.1, -0.05) is 0 Å². The normalized spacial score (nSPS) is 13.7. The highest BCUT2D eigenvalue weighted by Crippen LogP contribution is 1.94. The number of nitrogens with one attached hydrogen (secondary N) is 1. The van der Waals surface area contributed by atoms with E-state index in [1.54, 1.807) is 6.92 Å². The van der Waals surface area contributed by atoms with Crippen LogP contribution in [-0.2, 0) is 9.84 Å². The predicted molar refractivity (Wildman–Crippen MR) is 46.9 cm³/mol. The minimum atomic E-state index is -2.99. The number of hydrogen-bond donors (Lipinski definition) is 1. The quantitative estimate of drug-likeness (QED) is 0.696. The second-order valence-corrected chi connectivity index (χ2v) is 4.82. The van der Waals surface area contributed by atoms with Crippen LogP contribution in [0.2, 0.25) is 0 Å². The molecule has 3 nitrogen and oxygen atoms in total. The highest BCUT2D eigenvalue weighted by atomic mass is 32.2. The molecular formula is C7H15NO2S. The summed E-state index contributed by atoms with van der Waals surface area (Å²) in [5.74, 6) is 0. The Kier molecular flexibility index (Phi) is 3.58. The molecule has 1 N–H and O–H groups in total. The van der Waals surface area contributed by atoms with Crippen LogP contribution >= 0.6 is 0 Å². The fourth-order valence-electron chi connectivity index (χ4n) is 0.810. The van der Waals surface area contributed by atoms with Gasteiger partial charge in [-0.15, -0.1) is 0 Å². The van der Waals surface area contributed by atoms with E-state index in [4.69, 9.17) is 0 Å². The van der Waals surface area contributed by atoms with Crippen molar-refractivity contribution in [3.05, 3.63) is 11.1 Å². The Bertz CT molecular complexity index is 239. The number of rotatable bonds is 3. The molecule has 0 saturated carbocycles. The van der Waals surface area contributed by atoms with Gasteiger partial charge < -0.3 is 5.32 Å². The van der Waals surface area contributed by atoms with Crippen LogP contribution in [0.4, 0.5) is 0 Å². The Hall–Kier alpha value is -0.510. The second kappa shape index (κ2) is 3.76. The summed E-state index contributed by atoms with van der Waals surface area (Å²) in [6.45, 7) is 5.65. The van der Waals surface area contributed by atoms with Gasteiger partial charge in [-0.25, -0.2) is 8.42 Å². The molecule has 0 aliphatic carbocycles. The average molecular weight is 177 g/mol. The summed E-state index contributed by atoms with van der Waals surface area (Å²) >= 11 is 0. The van der Waals surface area contributed by atoms with E-state index in [0.717, 1.165) is 0 Å². The monoisotopic (exact) mass is 177 g/mol. The molecule has 0 aliphatic rings. The lowest BCUT2D eigenvalue weighted by molar-refractivity contribution is 0.608. The Morgan fingerprint density at radius 2 is 1.91 bits per heavy atom. The molecular weight excluding hydrogens is 162 g/mol. The van der Waals surface area contributed by atoms with E-state index in [2.05, 4.69) is 5.32 Å². The van der Waals surface area contributed by atoms with Crippen molar-refractivity contribution in [1.29, 1.82) is 0 Å². The highest BCUT2D eigenvalue weighted by molar-refractivity contribution is 7.93. The lowest BCUT2D eigenvalue weighted by atomic mass is 10.4. The van der Waals surface area contributed by atoms with Crippen LogP contribution in [0.25, 0.3) is 0 Å². The zero-order chi connectivity index (χ0) is 9.07. The summed E-state index contributed by atoms with van der Waals surface area (Å²) in [5.41, 5.74) is 0.683. The summed E-state index contributed by atoms with van der Waals surface area (Å²) in [6, 6.07) is 0.271. The van der Waals surface area contributed by atoms with Gasteiger partial charge >= 0.3 is 0 Å². The summed E-state index contributed by atoms with van der Waals surface area (Å²) in [4.78, 5) is 0. The van der Waals surface area contributed by atoms with Crippen molar-refractivity contribution < 1.29 is 8.42 Å². The fraction of sp³-hybridized carbons (Fsp3) is 0.714. The van der Waals surface area contributed by atoms with Crippen LogP contribution in [0.1, 0.15) is 20.8 Å². The van der Waals surface area contributed by atoms with Crippen molar-refractivity contribution in [3.8, 4) is 0 Å². The Morgan fingerprint density at radius 1 is 1.45 bits per heavy atom. The third kappa shape index (κ3) is 7.39. The maximum absolute atomic E-state index is 10.7. The van der Waals surface area contributed by atoms with Crippen molar-refractivity contribution >= 4 is 9.84 Å². The van der Waals surface area contributed by atoms with Crippen molar-refractivity contribution in [2.45, 2.75) is 26.8 Å². The van der Waals surface area contributed by atoms with Crippen LogP contribution < -0.4 is 5.32 Å². The highest BCUT2D eigenvalue weighted by Gasteiger charge is 1.98. The van der Waals surface area contributed by atoms with Gasteiger partial charge in [-0.3, -0.25) is 0 Å². The molecule has 0 saturated heterocycles. The van der Waals surface area contributed by atoms with Crippen LogP contribution in [0.3, 0.4) is 0 Å². The van der Waals surface area contributed by atoms with Gasteiger partial charge in [0.15, 0.2) is 9.84 Å². The zero-order valence-corrected chi connectivity index (χ0v) is 8.20. The molecule has 0 bridgehead atoms. The van der Waals surface area contributed by atoms with Crippen molar-refractivity contribution in [2.75, 3.05) is 6.26 Å². The van der Waals surface area contributed by atoms with Gasteiger partial charge in [0.1, 0.15) is 0 Å². The Morgan fingerprint density at radius 3 is 2.18 bits per heavy atom. The molecule has 4 heteroatoms. The maximum Gasteiger partial charge on any atom is 0.170 e. The SMILES string of the molecule is C/C(=C\S(C)(=O)=O)NC(C)C. The van der Waals surface area contributed by atoms with Gasteiger partial charge in [0, 0.05) is 23.4 Å². The average Bonchev–Trinajstić information content (AvgIpc) is 1.53. The third-order valence-electron chi connectivity index (χ3n) is 0.907. The van der Waals surface area contributed by atoms with E-state index >= 15 is 0 Å². The number of sulfone groups is 1. The number of hydrogen-bond acceptors (Lipinski definition) is 3. The van der Waals surface area contributed by atoms with E-state index in [9.17, 15) is 8.42 Å². The topological polar surface area (TPSA) is 46.2 Å². The van der Waals surface area contributed by atoms with E-state index in [0.29, 0.717) is 5.70 Å². The molecule has 66 valence electrons. The van der Waals surface area contributed by atoms with Crippen LogP contribution in [0.15, 0.2) is 11.1 Å². The van der Waals surface area contributed by atoms with E-state index in [1.807, 2.05) is 13.8 Å². The third-order valence-corrected chi connectivity index (χ3v) is 1.69. The first-order valence-electron chi connectivity index (χ1n) is 3.46. The Labute approximate surface area is 68.4 Å². The summed E-state index contributed by atoms with van der Waals surface area (Å²) in [7, 11) is -2.99. The molecule has 0 spiro atoms. The summed E-state index contributed by atoms with van der Waals surface area (Å²) < 4.78 is 21.4. The van der Waals surface area contributed by atoms with Gasteiger partial charge in [-0.05, 0) is 20.8 Å². The predicted octanol–water partition coefficient (Wildman–Crippen LogP) is 0.890. The molecule has 0 aliphatic heterocycles. The Balaban J connectivity index is 4.25. The summed E-state index contributed by atoms with van der Waals surface area (Å²) in [6.07, 6.45) is 1.18. The lowest BCUT2D eigenvalue weighted by Crippen LogP contribution is -2.20. The first kappa shape index (κ1) is 10.5. The molecule has 0 unspecified atom stereocenters. The smallest absolute Gasteiger partial charge is 0.170 e. The van der Waals surface area contributed by atoms with Crippen LogP contribution in [0.5, 0.6) is 0 Å². The molecule has 0 atom stereocenters. The van der Waals surface area contributed by atoms with Gasteiger partial charge in [0.25, 0.3) is 0 Å². The molecule has 0 aromatic heterocycles. The molecule has 0 amide bonds. The van der Waals surface area contributed by atoms with Gasteiger partial charge in [0.05, 0.1) is 0 Å². The van der Waals surface area contributed by atoms with E-state index in [-0.39, 0.29) is 6.04 Å². The lowest BCUT2D eigenvalue weighted by Gasteiger charge is -2.08. The summed E-state index contributed by atoms with van der Waals surface area (Å²) in [5, 5.41) is 4.21. The standard InChI is InChI=1S/C7H15NO2S/c1-6(2)8-7(3)5-11(4,9)10/h5-6,8H,1-4H3/b7-5+. The maximum atomic E-state index is 10.7. The minimum Gasteiger partial charge on any atom is -0.386 e. The first-order valence-corrected chi connectivity index (χ1v) is 5.41. The minimum absolute atomic E-state index is 0.271. The van der Waals surface area contributed by atoms with Crippen molar-refractivity contribution in [3.63, 3.8) is 0 Å². The second-order valence-electron chi connectivity index (χ2n) is 2.93. The van der Waals surface area contributed by atoms with Crippen LogP contribution in [-0.4, -0.2) is 20.7 Å². The van der Waals surface area contributed by atoms with E-state index < -0.39 is 9.84 Å². The molecule has 0 fully saturated rings. The molecule has 0 rings (SSSR count). The van der Waals surface area contributed by atoms with Crippen molar-refractivity contribution in [1.82, 2.24) is 5.32 Å². The number of allylic oxidation sites excluding steroid dienone is 1.